The topological polar surface area (TPSA) is 78.9 Å². The summed E-state index contributed by atoms with van der Waals surface area (Å²) in [6, 6.07) is 0. The van der Waals surface area contributed by atoms with Crippen LogP contribution >= 0.6 is 0 Å². The molecule has 0 aromatic carbocycles. The van der Waals surface area contributed by atoms with Crippen molar-refractivity contribution in [2.75, 3.05) is 13.2 Å². The molecule has 0 fully saturated rings. The molecule has 0 aromatic rings. The molecule has 0 aliphatic carbocycles. The van der Waals surface area contributed by atoms with Gasteiger partial charge in [0.2, 0.25) is 0 Å². The van der Waals surface area contributed by atoms with Crippen molar-refractivity contribution in [1.82, 2.24) is 0 Å². The highest BCUT2D eigenvalue weighted by Gasteiger charge is 2.19. The van der Waals surface area contributed by atoms with Gasteiger partial charge in [-0.15, -0.1) is 0 Å². The molecular formula is C55H106O6. The first kappa shape index (κ1) is 59.4. The maximum atomic E-state index is 12.8. The largest absolute Gasteiger partial charge is 0.462 e. The number of hydrogen-bond acceptors (Lipinski definition) is 6. The Bertz CT molecular complexity index is 933. The molecule has 2 atom stereocenters. The van der Waals surface area contributed by atoms with Crippen LogP contribution in [0.5, 0.6) is 0 Å². The molecule has 0 amide bonds. The van der Waals surface area contributed by atoms with Crippen LogP contribution < -0.4 is 0 Å². The van der Waals surface area contributed by atoms with E-state index in [-0.39, 0.29) is 31.1 Å². The van der Waals surface area contributed by atoms with E-state index in [0.717, 1.165) is 69.6 Å². The molecule has 0 saturated heterocycles. The summed E-state index contributed by atoms with van der Waals surface area (Å²) < 4.78 is 16.8. The maximum Gasteiger partial charge on any atom is 0.306 e. The van der Waals surface area contributed by atoms with Crippen molar-refractivity contribution in [3.8, 4) is 0 Å². The third-order valence-electron chi connectivity index (χ3n) is 12.8. The number of hydrogen-bond donors (Lipinski definition) is 0. The monoisotopic (exact) mass is 863 g/mol. The number of carbonyl (C=O) groups excluding carboxylic acids is 3. The Labute approximate surface area is 380 Å². The van der Waals surface area contributed by atoms with E-state index in [1.54, 1.807) is 0 Å². The van der Waals surface area contributed by atoms with Crippen molar-refractivity contribution in [2.45, 2.75) is 310 Å². The summed E-state index contributed by atoms with van der Waals surface area (Å²) in [5.74, 6) is 0.842. The summed E-state index contributed by atoms with van der Waals surface area (Å²) in [7, 11) is 0. The first-order chi connectivity index (χ1) is 29.8. The van der Waals surface area contributed by atoms with Gasteiger partial charge in [0.25, 0.3) is 0 Å². The number of esters is 3. The second-order valence-electron chi connectivity index (χ2n) is 19.6. The van der Waals surface area contributed by atoms with Crippen molar-refractivity contribution >= 4 is 17.9 Å². The van der Waals surface area contributed by atoms with Crippen LogP contribution in [0.2, 0.25) is 0 Å². The molecule has 362 valence electrons. The molecule has 0 N–H and O–H groups in total. The molecule has 6 heteroatoms. The summed E-state index contributed by atoms with van der Waals surface area (Å²) in [6.45, 7) is 11.4. The fourth-order valence-electron chi connectivity index (χ4n) is 8.31. The minimum atomic E-state index is -0.761. The van der Waals surface area contributed by atoms with E-state index in [9.17, 15) is 14.4 Å². The summed E-state index contributed by atoms with van der Waals surface area (Å²) >= 11 is 0. The van der Waals surface area contributed by atoms with Crippen LogP contribution in [0, 0.1) is 11.8 Å². The molecule has 0 aliphatic heterocycles. The van der Waals surface area contributed by atoms with Crippen molar-refractivity contribution in [2.24, 2.45) is 11.8 Å². The second-order valence-corrected chi connectivity index (χ2v) is 19.6. The van der Waals surface area contributed by atoms with Gasteiger partial charge in [-0.25, -0.2) is 0 Å². The van der Waals surface area contributed by atoms with Crippen molar-refractivity contribution in [1.29, 1.82) is 0 Å². The predicted molar refractivity (Wildman–Crippen MR) is 261 cm³/mol. The fourth-order valence-corrected chi connectivity index (χ4v) is 8.31. The van der Waals surface area contributed by atoms with E-state index >= 15 is 0 Å². The summed E-state index contributed by atoms with van der Waals surface area (Å²) in [6.07, 6.45) is 49.6. The SMILES string of the molecule is CCCCCCCCCCCCCC(=O)O[C@H](COC(=O)CCCCCCCCCCCCCCCCCCCCC(C)CC)COC(=O)CCCCCCCCCC(C)C. The van der Waals surface area contributed by atoms with E-state index in [2.05, 4.69) is 34.6 Å². The fraction of sp³-hybridized carbons (Fsp3) is 0.945. The first-order valence-corrected chi connectivity index (χ1v) is 27.3. The van der Waals surface area contributed by atoms with Gasteiger partial charge in [-0.3, -0.25) is 14.4 Å². The molecule has 0 heterocycles. The molecule has 0 radical (unpaired) electrons. The zero-order valence-electron chi connectivity index (χ0n) is 41.8. The van der Waals surface area contributed by atoms with E-state index in [4.69, 9.17) is 14.2 Å². The highest BCUT2D eigenvalue weighted by atomic mass is 16.6. The number of carbonyl (C=O) groups is 3. The van der Waals surface area contributed by atoms with Gasteiger partial charge in [0.1, 0.15) is 13.2 Å². The molecule has 1 unspecified atom stereocenters. The average Bonchev–Trinajstić information content (AvgIpc) is 3.24. The quantitative estimate of drug-likeness (QED) is 0.0344. The Morgan fingerprint density at radius 3 is 0.934 bits per heavy atom. The van der Waals surface area contributed by atoms with Crippen LogP contribution in [-0.4, -0.2) is 37.2 Å². The minimum absolute atomic E-state index is 0.0638. The molecule has 6 nitrogen and oxygen atoms in total. The lowest BCUT2D eigenvalue weighted by atomic mass is 9.99. The molecular weight excluding hydrogens is 757 g/mol. The van der Waals surface area contributed by atoms with Crippen LogP contribution in [0.25, 0.3) is 0 Å². The highest BCUT2D eigenvalue weighted by molar-refractivity contribution is 5.71. The Kier molecular flexibility index (Phi) is 46.6. The maximum absolute atomic E-state index is 12.8. The van der Waals surface area contributed by atoms with Gasteiger partial charge >= 0.3 is 17.9 Å². The van der Waals surface area contributed by atoms with Gasteiger partial charge in [-0.05, 0) is 31.1 Å². The number of rotatable bonds is 49. The summed E-state index contributed by atoms with van der Waals surface area (Å²) in [5, 5.41) is 0. The normalized spacial score (nSPS) is 12.5. The first-order valence-electron chi connectivity index (χ1n) is 27.3. The zero-order chi connectivity index (χ0) is 44.7. The molecule has 0 bridgehead atoms. The lowest BCUT2D eigenvalue weighted by Crippen LogP contribution is -2.30. The van der Waals surface area contributed by atoms with E-state index in [1.165, 1.54) is 193 Å². The average molecular weight is 863 g/mol. The molecule has 0 saturated carbocycles. The van der Waals surface area contributed by atoms with Gasteiger partial charge in [-0.1, -0.05) is 266 Å². The second kappa shape index (κ2) is 47.9. The van der Waals surface area contributed by atoms with Gasteiger partial charge in [0.15, 0.2) is 6.10 Å². The predicted octanol–water partition coefficient (Wildman–Crippen LogP) is 17.7. The zero-order valence-corrected chi connectivity index (χ0v) is 41.8. The van der Waals surface area contributed by atoms with Gasteiger partial charge < -0.3 is 14.2 Å². The molecule has 61 heavy (non-hydrogen) atoms. The van der Waals surface area contributed by atoms with Crippen LogP contribution in [0.4, 0.5) is 0 Å². The lowest BCUT2D eigenvalue weighted by Gasteiger charge is -2.18. The van der Waals surface area contributed by atoms with E-state index in [0.29, 0.717) is 19.3 Å². The van der Waals surface area contributed by atoms with Crippen molar-refractivity contribution in [3.05, 3.63) is 0 Å². The number of unbranched alkanes of at least 4 members (excludes halogenated alkanes) is 33. The summed E-state index contributed by atoms with van der Waals surface area (Å²) in [5.41, 5.74) is 0. The lowest BCUT2D eigenvalue weighted by molar-refractivity contribution is -0.167. The highest BCUT2D eigenvalue weighted by Crippen LogP contribution is 2.18. The van der Waals surface area contributed by atoms with Crippen molar-refractivity contribution < 1.29 is 28.6 Å². The Morgan fingerprint density at radius 2 is 0.623 bits per heavy atom. The van der Waals surface area contributed by atoms with Crippen LogP contribution in [0.15, 0.2) is 0 Å². The van der Waals surface area contributed by atoms with Crippen LogP contribution in [0.3, 0.4) is 0 Å². The van der Waals surface area contributed by atoms with Gasteiger partial charge in [0, 0.05) is 19.3 Å². The third-order valence-corrected chi connectivity index (χ3v) is 12.8. The van der Waals surface area contributed by atoms with Crippen molar-refractivity contribution in [3.63, 3.8) is 0 Å². The number of ether oxygens (including phenoxy) is 3. The molecule has 0 spiro atoms. The van der Waals surface area contributed by atoms with Crippen LogP contribution in [0.1, 0.15) is 304 Å². The Balaban J connectivity index is 4.16. The van der Waals surface area contributed by atoms with E-state index < -0.39 is 6.10 Å². The minimum Gasteiger partial charge on any atom is -0.462 e. The van der Waals surface area contributed by atoms with Crippen LogP contribution in [-0.2, 0) is 28.6 Å². The Morgan fingerprint density at radius 1 is 0.344 bits per heavy atom. The molecule has 0 rings (SSSR count). The van der Waals surface area contributed by atoms with E-state index in [1.807, 2.05) is 0 Å². The molecule has 0 aromatic heterocycles. The standard InChI is InChI=1S/C55H106O6/c1-6-8-9-10-11-12-21-26-31-37-42-47-55(58)61-52(49-60-54(57)46-41-36-32-27-28-33-38-43-50(3)4)48-59-53(56)45-40-35-30-25-23-20-18-16-14-13-15-17-19-22-24-29-34-39-44-51(5)7-2/h50-52H,6-49H2,1-5H3/t51?,52-/m1/s1. The van der Waals surface area contributed by atoms with Gasteiger partial charge in [0.05, 0.1) is 0 Å². The Hall–Kier alpha value is -1.59. The smallest absolute Gasteiger partial charge is 0.306 e. The van der Waals surface area contributed by atoms with Gasteiger partial charge in [-0.2, -0.15) is 0 Å². The third kappa shape index (κ3) is 47.7. The molecule has 0 aliphatic rings. The summed E-state index contributed by atoms with van der Waals surface area (Å²) in [4.78, 5) is 37.9.